The van der Waals surface area contributed by atoms with Gasteiger partial charge in [-0.05, 0) is 36.5 Å². The summed E-state index contributed by atoms with van der Waals surface area (Å²) in [6, 6.07) is 13.8. The molecule has 3 heterocycles. The number of hydrogen-bond donors (Lipinski definition) is 1. The molecule has 1 unspecified atom stereocenters. The van der Waals surface area contributed by atoms with Gasteiger partial charge in [0.25, 0.3) is 5.91 Å². The Kier molecular flexibility index (Phi) is 4.77. The Bertz CT molecular complexity index is 1020. The number of aromatic nitrogens is 3. The number of ether oxygens (including phenoxy) is 1. The second-order valence-corrected chi connectivity index (χ2v) is 7.86. The van der Waals surface area contributed by atoms with E-state index in [1.807, 2.05) is 47.4 Å². The second-order valence-electron chi connectivity index (χ2n) is 7.86. The fraction of sp³-hybridized carbons (Fsp3) is 0.409. The molecule has 1 aliphatic heterocycles. The van der Waals surface area contributed by atoms with Crippen LogP contribution in [-0.4, -0.2) is 62.6 Å². The van der Waals surface area contributed by atoms with Crippen LogP contribution in [0.5, 0.6) is 0 Å². The number of aliphatic hydroxyl groups is 1. The van der Waals surface area contributed by atoms with E-state index >= 15 is 0 Å². The molecule has 1 aromatic carbocycles. The van der Waals surface area contributed by atoms with Crippen LogP contribution in [-0.2, 0) is 11.3 Å². The van der Waals surface area contributed by atoms with E-state index in [4.69, 9.17) is 4.74 Å². The van der Waals surface area contributed by atoms with Crippen molar-refractivity contribution >= 4 is 16.9 Å². The summed E-state index contributed by atoms with van der Waals surface area (Å²) >= 11 is 0. The van der Waals surface area contributed by atoms with Crippen molar-refractivity contribution in [2.24, 2.45) is 5.92 Å². The van der Waals surface area contributed by atoms with Crippen LogP contribution in [0.1, 0.15) is 28.9 Å². The van der Waals surface area contributed by atoms with Gasteiger partial charge in [-0.2, -0.15) is 5.10 Å². The van der Waals surface area contributed by atoms with E-state index in [2.05, 4.69) is 10.1 Å². The maximum Gasteiger partial charge on any atom is 0.275 e. The summed E-state index contributed by atoms with van der Waals surface area (Å²) in [5.74, 6) is 0.110. The molecule has 2 aromatic heterocycles. The van der Waals surface area contributed by atoms with Gasteiger partial charge in [-0.25, -0.2) is 9.67 Å². The zero-order chi connectivity index (χ0) is 19.8. The van der Waals surface area contributed by atoms with Gasteiger partial charge < -0.3 is 14.7 Å². The minimum atomic E-state index is -0.0771. The Labute approximate surface area is 168 Å². The molecule has 150 valence electrons. The number of amides is 1. The summed E-state index contributed by atoms with van der Waals surface area (Å²) in [7, 11) is 0. The molecule has 0 radical (unpaired) electrons. The minimum Gasteiger partial charge on any atom is -0.396 e. The molecule has 3 aromatic rings. The molecule has 0 spiro atoms. The molecular formula is C22H24N4O3. The molecule has 1 amide bonds. The third-order valence-corrected chi connectivity index (χ3v) is 6.04. The lowest BCUT2D eigenvalue weighted by atomic mass is 10.1. The fourth-order valence-corrected chi connectivity index (χ4v) is 4.62. The molecule has 2 fully saturated rings. The first-order valence-corrected chi connectivity index (χ1v) is 10.1. The van der Waals surface area contributed by atoms with Crippen molar-refractivity contribution in [3.8, 4) is 0 Å². The highest BCUT2D eigenvalue weighted by Gasteiger charge is 2.43. The van der Waals surface area contributed by atoms with Gasteiger partial charge in [-0.3, -0.25) is 4.79 Å². The maximum atomic E-state index is 13.5. The number of hydrogen-bond acceptors (Lipinski definition) is 5. The summed E-state index contributed by atoms with van der Waals surface area (Å²) in [5, 5.41) is 15.0. The van der Waals surface area contributed by atoms with Crippen molar-refractivity contribution in [1.29, 1.82) is 0 Å². The summed E-state index contributed by atoms with van der Waals surface area (Å²) in [5.41, 5.74) is 2.26. The number of fused-ring (bicyclic) bond motifs is 2. The van der Waals surface area contributed by atoms with E-state index in [9.17, 15) is 9.90 Å². The molecule has 1 aliphatic carbocycles. The van der Waals surface area contributed by atoms with Crippen molar-refractivity contribution in [2.75, 3.05) is 19.8 Å². The van der Waals surface area contributed by atoms with E-state index in [0.717, 1.165) is 23.8 Å². The molecule has 3 atom stereocenters. The SMILES string of the molecule is O=C(c1nn(Cc2ccccc2)c2ncccc12)N1CCOC2C[C@H](CO)C[C@@H]21. The standard InChI is InChI=1S/C22H24N4O3/c27-14-16-11-18-19(12-16)29-10-9-25(18)22(28)20-17-7-4-8-23-21(17)26(24-20)13-15-5-2-1-3-6-15/h1-8,16,18-19,27H,9-14H2/t16-,18+,19?/m1/s1. The second kappa shape index (κ2) is 7.57. The summed E-state index contributed by atoms with van der Waals surface area (Å²) in [6.45, 7) is 1.76. The zero-order valence-corrected chi connectivity index (χ0v) is 16.1. The van der Waals surface area contributed by atoms with Gasteiger partial charge in [0.1, 0.15) is 0 Å². The smallest absolute Gasteiger partial charge is 0.275 e. The number of morpholine rings is 1. The number of benzene rings is 1. The molecule has 1 N–H and O–H groups in total. The van der Waals surface area contributed by atoms with Gasteiger partial charge in [0.05, 0.1) is 30.7 Å². The van der Waals surface area contributed by atoms with Gasteiger partial charge in [0.2, 0.25) is 0 Å². The number of nitrogens with zero attached hydrogens (tertiary/aromatic N) is 4. The van der Waals surface area contributed by atoms with E-state index in [1.54, 1.807) is 10.9 Å². The third-order valence-electron chi connectivity index (χ3n) is 6.04. The topological polar surface area (TPSA) is 80.5 Å². The molecule has 1 saturated heterocycles. The lowest BCUT2D eigenvalue weighted by Gasteiger charge is -2.37. The third kappa shape index (κ3) is 3.30. The largest absolute Gasteiger partial charge is 0.396 e. The van der Waals surface area contributed by atoms with Crippen LogP contribution >= 0.6 is 0 Å². The zero-order valence-electron chi connectivity index (χ0n) is 16.1. The first-order valence-electron chi connectivity index (χ1n) is 10.1. The number of rotatable bonds is 4. The monoisotopic (exact) mass is 392 g/mol. The summed E-state index contributed by atoms with van der Waals surface area (Å²) in [6.07, 6.45) is 3.30. The summed E-state index contributed by atoms with van der Waals surface area (Å²) < 4.78 is 7.69. The van der Waals surface area contributed by atoms with Gasteiger partial charge in [0, 0.05) is 19.3 Å². The molecule has 7 heteroatoms. The van der Waals surface area contributed by atoms with Crippen LogP contribution in [0.2, 0.25) is 0 Å². The molecule has 0 bridgehead atoms. The quantitative estimate of drug-likeness (QED) is 0.735. The van der Waals surface area contributed by atoms with Crippen LogP contribution in [0.15, 0.2) is 48.7 Å². The average Bonchev–Trinajstić information content (AvgIpc) is 3.35. The number of aliphatic hydroxyl groups excluding tert-OH is 1. The number of carbonyl (C=O) groups excluding carboxylic acids is 1. The maximum absolute atomic E-state index is 13.5. The van der Waals surface area contributed by atoms with E-state index in [-0.39, 0.29) is 30.6 Å². The van der Waals surface area contributed by atoms with Crippen molar-refractivity contribution in [2.45, 2.75) is 31.5 Å². The van der Waals surface area contributed by atoms with E-state index in [1.165, 1.54) is 0 Å². The van der Waals surface area contributed by atoms with E-state index < -0.39 is 0 Å². The molecule has 2 aliphatic rings. The molecule has 5 rings (SSSR count). The first-order chi connectivity index (χ1) is 14.2. The highest BCUT2D eigenvalue weighted by molar-refractivity contribution is 6.04. The van der Waals surface area contributed by atoms with Gasteiger partial charge in [-0.1, -0.05) is 30.3 Å². The van der Waals surface area contributed by atoms with Gasteiger partial charge in [-0.15, -0.1) is 0 Å². The van der Waals surface area contributed by atoms with Gasteiger partial charge in [0.15, 0.2) is 11.3 Å². The highest BCUT2D eigenvalue weighted by atomic mass is 16.5. The van der Waals surface area contributed by atoms with E-state index in [0.29, 0.717) is 31.0 Å². The fourth-order valence-electron chi connectivity index (χ4n) is 4.62. The van der Waals surface area contributed by atoms with Crippen LogP contribution in [0.3, 0.4) is 0 Å². The highest BCUT2D eigenvalue weighted by Crippen LogP contribution is 2.35. The lowest BCUT2D eigenvalue weighted by Crippen LogP contribution is -2.51. The Morgan fingerprint density at radius 1 is 1.17 bits per heavy atom. The Hall–Kier alpha value is -2.77. The number of carbonyl (C=O) groups is 1. The minimum absolute atomic E-state index is 0.000560. The average molecular weight is 392 g/mol. The van der Waals surface area contributed by atoms with Crippen molar-refractivity contribution in [3.05, 3.63) is 59.9 Å². The van der Waals surface area contributed by atoms with Crippen molar-refractivity contribution < 1.29 is 14.6 Å². The molecule has 1 saturated carbocycles. The Balaban J connectivity index is 1.49. The Morgan fingerprint density at radius 3 is 2.86 bits per heavy atom. The van der Waals surface area contributed by atoms with Gasteiger partial charge >= 0.3 is 0 Å². The molecular weight excluding hydrogens is 368 g/mol. The molecule has 7 nitrogen and oxygen atoms in total. The van der Waals surface area contributed by atoms with Crippen LogP contribution in [0.25, 0.3) is 11.0 Å². The van der Waals surface area contributed by atoms with Crippen LogP contribution in [0.4, 0.5) is 0 Å². The predicted octanol–water partition coefficient (Wildman–Crippen LogP) is 2.09. The predicted molar refractivity (Wildman–Crippen MR) is 107 cm³/mol. The molecule has 29 heavy (non-hydrogen) atoms. The van der Waals surface area contributed by atoms with Crippen LogP contribution in [0, 0.1) is 5.92 Å². The van der Waals surface area contributed by atoms with Crippen molar-refractivity contribution in [1.82, 2.24) is 19.7 Å². The lowest BCUT2D eigenvalue weighted by molar-refractivity contribution is -0.0450. The summed E-state index contributed by atoms with van der Waals surface area (Å²) in [4.78, 5) is 19.9. The van der Waals surface area contributed by atoms with Crippen LogP contribution < -0.4 is 0 Å². The first kappa shape index (κ1) is 18.3. The number of pyridine rings is 1. The Morgan fingerprint density at radius 2 is 2.03 bits per heavy atom. The normalized spacial score (nSPS) is 24.0. The van der Waals surface area contributed by atoms with Crippen molar-refractivity contribution in [3.63, 3.8) is 0 Å².